The molecule has 0 aliphatic carbocycles. The van der Waals surface area contributed by atoms with E-state index in [9.17, 15) is 4.79 Å². The summed E-state index contributed by atoms with van der Waals surface area (Å²) in [4.78, 5) is 17.3. The Morgan fingerprint density at radius 3 is 2.27 bits per heavy atom. The number of hydrogen-bond acceptors (Lipinski definition) is 4. The van der Waals surface area contributed by atoms with Crippen LogP contribution in [0.4, 0.5) is 0 Å². The summed E-state index contributed by atoms with van der Waals surface area (Å²) in [6.07, 6.45) is -0.152. The van der Waals surface area contributed by atoms with E-state index < -0.39 is 18.1 Å². The Labute approximate surface area is 67.6 Å². The fourth-order valence-corrected chi connectivity index (χ4v) is 0.905. The van der Waals surface area contributed by atoms with Gasteiger partial charge < -0.3 is 20.3 Å². The summed E-state index contributed by atoms with van der Waals surface area (Å²) in [6, 6.07) is -0.542. The molecule has 1 rings (SSSR count). The summed E-state index contributed by atoms with van der Waals surface area (Å²) in [6.45, 7) is 0.400. The van der Waals surface area contributed by atoms with Gasteiger partial charge in [0.15, 0.2) is 0 Å². The van der Waals surface area contributed by atoms with E-state index in [0.29, 0.717) is 23.5 Å². The lowest BCUT2D eigenvalue weighted by Gasteiger charge is -1.99. The fourth-order valence-electron chi connectivity index (χ4n) is 0.905. The Hall–Kier alpha value is -0.433. The van der Waals surface area contributed by atoms with E-state index in [2.05, 4.69) is 5.32 Å². The van der Waals surface area contributed by atoms with E-state index in [1.807, 2.05) is 0 Å². The van der Waals surface area contributed by atoms with Crippen LogP contribution in [0, 0.1) is 0 Å². The summed E-state index contributed by atoms with van der Waals surface area (Å²) >= 11 is 0. The molecule has 6 heteroatoms. The van der Waals surface area contributed by atoms with Crippen molar-refractivity contribution in [2.24, 2.45) is 0 Å². The molecule has 11 heavy (non-hydrogen) atoms. The average Bonchev–Trinajstić information content (AvgIpc) is 2.40. The minimum Gasteiger partial charge on any atom is -0.480 e. The van der Waals surface area contributed by atoms with Gasteiger partial charge in [-0.1, -0.05) is 0 Å². The second kappa shape index (κ2) is 5.25. The number of β-amino-alcohol motifs (C(OH)–C–C–N with tert-alkyl or cyclic N) is 1. The molecule has 0 unspecified atom stereocenters. The first kappa shape index (κ1) is 10.6. The van der Waals surface area contributed by atoms with Gasteiger partial charge in [0.1, 0.15) is 16.5 Å². The number of carboxylic acid groups (broad SMARTS) is 1. The molecule has 1 fully saturated rings. The van der Waals surface area contributed by atoms with Crippen molar-refractivity contribution < 1.29 is 19.8 Å². The molecule has 0 saturated carbocycles. The summed E-state index contributed by atoms with van der Waals surface area (Å²) < 4.78 is 0. The van der Waals surface area contributed by atoms with Gasteiger partial charge in [-0.25, -0.2) is 0 Å². The molecule has 1 heterocycles. The highest BCUT2D eigenvalue weighted by Gasteiger charge is 2.27. The van der Waals surface area contributed by atoms with Crippen LogP contribution >= 0.6 is 0 Å². The Bertz CT molecular complexity index is 132. The largest absolute Gasteiger partial charge is 0.480 e. The van der Waals surface area contributed by atoms with Crippen molar-refractivity contribution in [1.29, 1.82) is 0 Å². The fraction of sp³-hybridized carbons (Fsp3) is 0.800. The van der Waals surface area contributed by atoms with Crippen molar-refractivity contribution in [2.45, 2.75) is 18.6 Å². The van der Waals surface area contributed by atoms with Crippen LogP contribution in [-0.2, 0) is 4.79 Å². The first-order valence-electron chi connectivity index (χ1n) is 3.29. The van der Waals surface area contributed by atoms with Crippen LogP contribution in [0.25, 0.3) is 0 Å². The van der Waals surface area contributed by atoms with Crippen LogP contribution < -0.4 is 5.32 Å². The molecule has 1 saturated heterocycles. The van der Waals surface area contributed by atoms with Gasteiger partial charge in [0.25, 0.3) is 0 Å². The average molecular weight is 179 g/mol. The molecule has 0 aromatic carbocycles. The number of aliphatic hydroxyl groups is 1. The lowest BCUT2D eigenvalue weighted by atomic mass is 10.2. The van der Waals surface area contributed by atoms with Crippen molar-refractivity contribution >= 4 is 16.5 Å². The van der Waals surface area contributed by atoms with Crippen molar-refractivity contribution in [1.82, 2.24) is 5.32 Å². The maximum atomic E-state index is 10.2. The molecule has 0 aromatic rings. The van der Waals surface area contributed by atoms with Crippen molar-refractivity contribution in [3.05, 3.63) is 0 Å². The van der Waals surface area contributed by atoms with Crippen LogP contribution in [-0.4, -0.2) is 50.2 Å². The topological polar surface area (TPSA) is 89.8 Å². The van der Waals surface area contributed by atoms with Crippen molar-refractivity contribution in [2.75, 3.05) is 6.54 Å². The van der Waals surface area contributed by atoms with Crippen molar-refractivity contribution in [3.8, 4) is 0 Å². The summed E-state index contributed by atoms with van der Waals surface area (Å²) in [7, 11) is 0.306. The molecular formula is C5H13NO4Si. The minimum atomic E-state index is -0.883. The molecule has 0 amide bonds. The Balaban J connectivity index is 0.000000461. The number of aliphatic carboxylic acids is 1. The Morgan fingerprint density at radius 1 is 1.55 bits per heavy atom. The summed E-state index contributed by atoms with van der Waals surface area (Å²) in [5.41, 5.74) is 0. The maximum Gasteiger partial charge on any atom is 0.320 e. The molecule has 0 bridgehead atoms. The van der Waals surface area contributed by atoms with Gasteiger partial charge in [-0.3, -0.25) is 4.79 Å². The van der Waals surface area contributed by atoms with Crippen LogP contribution in [0.1, 0.15) is 6.42 Å². The van der Waals surface area contributed by atoms with Gasteiger partial charge in [-0.15, -0.1) is 0 Å². The van der Waals surface area contributed by atoms with E-state index in [1.165, 1.54) is 0 Å². The van der Waals surface area contributed by atoms with E-state index >= 15 is 0 Å². The Kier molecular flexibility index (Phi) is 5.04. The smallest absolute Gasteiger partial charge is 0.320 e. The maximum absolute atomic E-state index is 10.2. The van der Waals surface area contributed by atoms with Crippen LogP contribution in [0.15, 0.2) is 0 Å². The lowest BCUT2D eigenvalue weighted by molar-refractivity contribution is -0.139. The molecule has 2 atom stereocenters. The van der Waals surface area contributed by atoms with Crippen LogP contribution in [0.2, 0.25) is 0 Å². The molecule has 1 aliphatic heterocycles. The van der Waals surface area contributed by atoms with Gasteiger partial charge in [0.2, 0.25) is 0 Å². The number of nitrogens with one attached hydrogen (secondary N) is 1. The zero-order valence-electron chi connectivity index (χ0n) is 6.32. The van der Waals surface area contributed by atoms with Gasteiger partial charge in [-0.05, 0) is 0 Å². The first-order chi connectivity index (χ1) is 5.20. The number of aliphatic hydroxyl groups excluding tert-OH is 1. The van der Waals surface area contributed by atoms with E-state index in [4.69, 9.17) is 15.0 Å². The number of carbonyl (C=O) groups is 1. The van der Waals surface area contributed by atoms with Gasteiger partial charge in [-0.2, -0.15) is 0 Å². The van der Waals surface area contributed by atoms with E-state index in [-0.39, 0.29) is 0 Å². The monoisotopic (exact) mass is 179 g/mol. The standard InChI is InChI=1S/C5H9NO3.H4OSi/c7-3-1-4(5(8)9)6-2-3;1-2/h3-4,6-7H,1-2H2,(H,8,9);1H,2H3/t3-,4+;/m1./s1. The molecule has 66 valence electrons. The van der Waals surface area contributed by atoms with Gasteiger partial charge in [0, 0.05) is 13.0 Å². The molecule has 5 nitrogen and oxygen atoms in total. The Morgan fingerprint density at radius 2 is 2.09 bits per heavy atom. The van der Waals surface area contributed by atoms with Crippen LogP contribution in [0.5, 0.6) is 0 Å². The third kappa shape index (κ3) is 3.47. The van der Waals surface area contributed by atoms with Crippen LogP contribution in [0.3, 0.4) is 0 Å². The summed E-state index contributed by atoms with van der Waals surface area (Å²) in [5, 5.41) is 19.8. The normalized spacial score (nSPS) is 29.3. The number of rotatable bonds is 1. The predicted octanol–water partition coefficient (Wildman–Crippen LogP) is -2.95. The number of carboxylic acids is 1. The lowest BCUT2D eigenvalue weighted by Crippen LogP contribution is -2.29. The zero-order chi connectivity index (χ0) is 8.85. The molecular weight excluding hydrogens is 166 g/mol. The predicted molar refractivity (Wildman–Crippen MR) is 42.2 cm³/mol. The van der Waals surface area contributed by atoms with Gasteiger partial charge in [0.05, 0.1) is 6.10 Å². The zero-order valence-corrected chi connectivity index (χ0v) is 8.32. The van der Waals surface area contributed by atoms with E-state index in [0.717, 1.165) is 0 Å². The highest BCUT2D eigenvalue weighted by atomic mass is 28.2. The second-order valence-electron chi connectivity index (χ2n) is 2.19. The third-order valence-corrected chi connectivity index (χ3v) is 1.41. The third-order valence-electron chi connectivity index (χ3n) is 1.41. The molecule has 0 aromatic heterocycles. The highest BCUT2D eigenvalue weighted by molar-refractivity contribution is 5.95. The number of hydrogen-bond donors (Lipinski definition) is 4. The van der Waals surface area contributed by atoms with Gasteiger partial charge >= 0.3 is 5.97 Å². The molecule has 4 N–H and O–H groups in total. The quantitative estimate of drug-likeness (QED) is 0.323. The van der Waals surface area contributed by atoms with E-state index in [1.54, 1.807) is 0 Å². The molecule has 0 radical (unpaired) electrons. The SMILES string of the molecule is O=C(O)[C@@H]1C[C@@H](O)CN1.O[SiH3]. The van der Waals surface area contributed by atoms with Crippen molar-refractivity contribution in [3.63, 3.8) is 0 Å². The highest BCUT2D eigenvalue weighted by Crippen LogP contribution is 2.05. The second-order valence-corrected chi connectivity index (χ2v) is 2.19. The first-order valence-corrected chi connectivity index (χ1v) is 4.18. The molecule has 0 spiro atoms. The molecule has 1 aliphatic rings. The minimum absolute atomic E-state index is 0.306. The summed E-state index contributed by atoms with van der Waals surface area (Å²) in [5.74, 6) is -0.883.